The zero-order chi connectivity index (χ0) is 12.6. The molecule has 1 aromatic rings. The molecule has 0 radical (unpaired) electrons. The molecule has 1 aliphatic heterocycles. The van der Waals surface area contributed by atoms with Gasteiger partial charge in [-0.3, -0.25) is 0 Å². The number of aryl methyl sites for hydroxylation is 1. The zero-order valence-corrected chi connectivity index (χ0v) is 12.4. The Morgan fingerprint density at radius 2 is 1.89 bits per heavy atom. The van der Waals surface area contributed by atoms with Gasteiger partial charge in [0.25, 0.3) is 0 Å². The summed E-state index contributed by atoms with van der Waals surface area (Å²) in [6.07, 6.45) is 3.81. The van der Waals surface area contributed by atoms with E-state index in [-0.39, 0.29) is 0 Å². The fourth-order valence-electron chi connectivity index (χ4n) is 1.87. The Balaban J connectivity index is 1.75. The summed E-state index contributed by atoms with van der Waals surface area (Å²) < 4.78 is 11.0. The fraction of sp³-hybridized carbons (Fsp3) is 0.571. The van der Waals surface area contributed by atoms with Crippen molar-refractivity contribution in [1.82, 2.24) is 0 Å². The van der Waals surface area contributed by atoms with Crippen molar-refractivity contribution < 1.29 is 9.47 Å². The number of rotatable bonds is 6. The van der Waals surface area contributed by atoms with Crippen LogP contribution in [0.3, 0.4) is 0 Å². The van der Waals surface area contributed by atoms with Crippen molar-refractivity contribution in [2.75, 3.05) is 25.4 Å². The molecule has 18 heavy (non-hydrogen) atoms. The van der Waals surface area contributed by atoms with E-state index < -0.39 is 0 Å². The zero-order valence-electron chi connectivity index (χ0n) is 10.8. The standard InChI is InChI=1S/C14H20O2S2/c1-15-11-16-13-6-3-12(4-7-13)5-8-14-17-9-2-10-18-14/h3-4,6-7,14H,2,5,8-11H2,1H3. The van der Waals surface area contributed by atoms with Crippen LogP contribution in [0.2, 0.25) is 0 Å². The quantitative estimate of drug-likeness (QED) is 0.739. The van der Waals surface area contributed by atoms with Crippen molar-refractivity contribution in [1.29, 1.82) is 0 Å². The van der Waals surface area contributed by atoms with Crippen LogP contribution in [0.15, 0.2) is 24.3 Å². The highest BCUT2D eigenvalue weighted by Gasteiger charge is 2.13. The summed E-state index contributed by atoms with van der Waals surface area (Å²) >= 11 is 4.24. The van der Waals surface area contributed by atoms with Crippen molar-refractivity contribution >= 4 is 23.5 Å². The lowest BCUT2D eigenvalue weighted by Crippen LogP contribution is -2.07. The minimum absolute atomic E-state index is 0.314. The highest BCUT2D eigenvalue weighted by atomic mass is 32.2. The van der Waals surface area contributed by atoms with Gasteiger partial charge in [-0.05, 0) is 48.5 Å². The molecule has 0 amide bonds. The highest BCUT2D eigenvalue weighted by molar-refractivity contribution is 8.17. The smallest absolute Gasteiger partial charge is 0.188 e. The average Bonchev–Trinajstić information content (AvgIpc) is 2.45. The lowest BCUT2D eigenvalue weighted by molar-refractivity contribution is 0.0511. The van der Waals surface area contributed by atoms with E-state index >= 15 is 0 Å². The van der Waals surface area contributed by atoms with Gasteiger partial charge in [0.05, 0.1) is 4.58 Å². The van der Waals surface area contributed by atoms with Crippen molar-refractivity contribution in [3.05, 3.63) is 29.8 Å². The predicted molar refractivity (Wildman–Crippen MR) is 80.6 cm³/mol. The molecule has 100 valence electrons. The van der Waals surface area contributed by atoms with Gasteiger partial charge in [-0.2, -0.15) is 0 Å². The molecule has 4 heteroatoms. The van der Waals surface area contributed by atoms with E-state index in [9.17, 15) is 0 Å². The van der Waals surface area contributed by atoms with E-state index in [2.05, 4.69) is 35.7 Å². The second kappa shape index (κ2) is 7.97. The van der Waals surface area contributed by atoms with E-state index in [0.717, 1.165) is 16.8 Å². The molecule has 0 atom stereocenters. The van der Waals surface area contributed by atoms with Crippen molar-refractivity contribution in [2.24, 2.45) is 0 Å². The van der Waals surface area contributed by atoms with Crippen LogP contribution in [0, 0.1) is 0 Å². The summed E-state index contributed by atoms with van der Waals surface area (Å²) in [5.41, 5.74) is 1.39. The van der Waals surface area contributed by atoms with Crippen LogP contribution >= 0.6 is 23.5 Å². The lowest BCUT2D eigenvalue weighted by Gasteiger charge is -2.20. The summed E-state index contributed by atoms with van der Waals surface area (Å²) in [6, 6.07) is 8.36. The van der Waals surface area contributed by atoms with Gasteiger partial charge in [0.1, 0.15) is 5.75 Å². The minimum Gasteiger partial charge on any atom is -0.468 e. The van der Waals surface area contributed by atoms with Crippen LogP contribution in [-0.4, -0.2) is 30.0 Å². The molecular weight excluding hydrogens is 264 g/mol. The monoisotopic (exact) mass is 284 g/mol. The molecule has 0 saturated carbocycles. The van der Waals surface area contributed by atoms with Crippen LogP contribution in [0.1, 0.15) is 18.4 Å². The highest BCUT2D eigenvalue weighted by Crippen LogP contribution is 2.33. The van der Waals surface area contributed by atoms with Crippen molar-refractivity contribution in [3.8, 4) is 5.75 Å². The third-order valence-corrected chi connectivity index (χ3v) is 5.91. The van der Waals surface area contributed by atoms with Gasteiger partial charge in [-0.1, -0.05) is 12.1 Å². The molecule has 0 bridgehead atoms. The Hall–Kier alpha value is -0.320. The largest absolute Gasteiger partial charge is 0.468 e. The lowest BCUT2D eigenvalue weighted by atomic mass is 10.1. The molecule has 0 spiro atoms. The Morgan fingerprint density at radius 3 is 2.56 bits per heavy atom. The first-order chi connectivity index (χ1) is 8.88. The predicted octanol–water partition coefficient (Wildman–Crippen LogP) is 3.80. The molecule has 0 aromatic heterocycles. The fourth-order valence-corrected chi connectivity index (χ4v) is 4.73. The first-order valence-corrected chi connectivity index (χ1v) is 8.42. The second-order valence-corrected chi connectivity index (χ2v) is 7.18. The first kappa shape index (κ1) is 14.1. The molecule has 0 N–H and O–H groups in total. The topological polar surface area (TPSA) is 18.5 Å². The second-order valence-electron chi connectivity index (χ2n) is 4.26. The van der Waals surface area contributed by atoms with Gasteiger partial charge in [-0.25, -0.2) is 0 Å². The molecule has 1 saturated heterocycles. The van der Waals surface area contributed by atoms with Crippen LogP contribution in [0.4, 0.5) is 0 Å². The van der Waals surface area contributed by atoms with E-state index in [0.29, 0.717) is 6.79 Å². The molecule has 2 rings (SSSR count). The van der Waals surface area contributed by atoms with Crippen molar-refractivity contribution in [2.45, 2.75) is 23.8 Å². The molecule has 0 unspecified atom stereocenters. The molecule has 1 aromatic carbocycles. The van der Waals surface area contributed by atoms with Gasteiger partial charge in [0, 0.05) is 7.11 Å². The first-order valence-electron chi connectivity index (χ1n) is 6.32. The van der Waals surface area contributed by atoms with E-state index in [1.54, 1.807) is 7.11 Å². The molecule has 1 fully saturated rings. The number of ether oxygens (including phenoxy) is 2. The Bertz CT molecular complexity index is 334. The average molecular weight is 284 g/mol. The number of hydrogen-bond donors (Lipinski definition) is 0. The van der Waals surface area contributed by atoms with E-state index in [4.69, 9.17) is 9.47 Å². The maximum Gasteiger partial charge on any atom is 0.188 e. The Kier molecular flexibility index (Phi) is 6.24. The number of hydrogen-bond acceptors (Lipinski definition) is 4. The summed E-state index contributed by atoms with van der Waals surface area (Å²) in [7, 11) is 1.63. The maximum atomic E-state index is 5.37. The molecule has 2 nitrogen and oxygen atoms in total. The summed E-state index contributed by atoms with van der Waals surface area (Å²) in [5.74, 6) is 3.55. The normalized spacial score (nSPS) is 16.7. The minimum atomic E-state index is 0.314. The number of benzene rings is 1. The van der Waals surface area contributed by atoms with Gasteiger partial charge in [-0.15, -0.1) is 23.5 Å². The maximum absolute atomic E-state index is 5.37. The van der Waals surface area contributed by atoms with Crippen LogP contribution in [0.25, 0.3) is 0 Å². The van der Waals surface area contributed by atoms with E-state index in [1.165, 1.54) is 29.9 Å². The van der Waals surface area contributed by atoms with Gasteiger partial charge >= 0.3 is 0 Å². The Labute approximate surface area is 118 Å². The van der Waals surface area contributed by atoms with Crippen LogP contribution in [-0.2, 0) is 11.2 Å². The third kappa shape index (κ3) is 4.75. The van der Waals surface area contributed by atoms with E-state index in [1.807, 2.05) is 12.1 Å². The van der Waals surface area contributed by atoms with Gasteiger partial charge in [0.2, 0.25) is 0 Å². The molecular formula is C14H20O2S2. The summed E-state index contributed by atoms with van der Waals surface area (Å²) in [5, 5.41) is 0. The van der Waals surface area contributed by atoms with Crippen LogP contribution in [0.5, 0.6) is 5.75 Å². The Morgan fingerprint density at radius 1 is 1.17 bits per heavy atom. The SMILES string of the molecule is COCOc1ccc(CCC2SCCCS2)cc1. The summed E-state index contributed by atoms with van der Waals surface area (Å²) in [4.78, 5) is 0. The van der Waals surface area contributed by atoms with Crippen molar-refractivity contribution in [3.63, 3.8) is 0 Å². The summed E-state index contributed by atoms with van der Waals surface area (Å²) in [6.45, 7) is 0.314. The molecule has 0 aliphatic carbocycles. The molecule has 1 aliphatic rings. The van der Waals surface area contributed by atoms with Gasteiger partial charge in [0.15, 0.2) is 6.79 Å². The number of methoxy groups -OCH3 is 1. The van der Waals surface area contributed by atoms with Gasteiger partial charge < -0.3 is 9.47 Å². The number of thioether (sulfide) groups is 2. The third-order valence-electron chi connectivity index (χ3n) is 2.83. The molecule has 1 heterocycles. The van der Waals surface area contributed by atoms with Crippen LogP contribution < -0.4 is 4.74 Å².